The molecule has 154 valence electrons. The Bertz CT molecular complexity index is 718. The second-order valence-electron chi connectivity index (χ2n) is 11.2. The van der Waals surface area contributed by atoms with Crippen LogP contribution >= 0.6 is 0 Å². The Morgan fingerprint density at radius 2 is 1.93 bits per heavy atom. The van der Waals surface area contributed by atoms with E-state index in [1.54, 1.807) is 5.57 Å². The van der Waals surface area contributed by atoms with Crippen LogP contribution in [0.1, 0.15) is 91.9 Å². The smallest absolute Gasteiger partial charge is 0.00708 e. The molecule has 4 rings (SSSR count). The van der Waals surface area contributed by atoms with Crippen LogP contribution in [0.3, 0.4) is 0 Å². The van der Waals surface area contributed by atoms with Crippen LogP contribution in [0.5, 0.6) is 0 Å². The van der Waals surface area contributed by atoms with Crippen molar-refractivity contribution in [1.29, 1.82) is 0 Å². The van der Waals surface area contributed by atoms with Gasteiger partial charge in [0.25, 0.3) is 0 Å². The Morgan fingerprint density at radius 3 is 2.61 bits per heavy atom. The highest BCUT2D eigenvalue weighted by Gasteiger charge is 2.59. The molecule has 0 heteroatoms. The van der Waals surface area contributed by atoms with Crippen LogP contribution in [0.2, 0.25) is 0 Å². The van der Waals surface area contributed by atoms with Crippen LogP contribution in [0.4, 0.5) is 0 Å². The number of hydrogen-bond donors (Lipinski definition) is 0. The van der Waals surface area contributed by atoms with Crippen LogP contribution in [0, 0.1) is 39.9 Å². The quantitative estimate of drug-likeness (QED) is 0.342. The van der Waals surface area contributed by atoms with Gasteiger partial charge in [-0.1, -0.05) is 45.1 Å². The fourth-order valence-corrected chi connectivity index (χ4v) is 8.45. The van der Waals surface area contributed by atoms with Crippen molar-refractivity contribution in [3.05, 3.63) is 42.2 Å². The summed E-state index contributed by atoms with van der Waals surface area (Å²) in [5, 5.41) is 0. The molecule has 4 aliphatic rings. The van der Waals surface area contributed by atoms with Crippen LogP contribution in [-0.2, 0) is 0 Å². The summed E-state index contributed by atoms with van der Waals surface area (Å²) in [5.41, 5.74) is 7.84. The van der Waals surface area contributed by atoms with Crippen LogP contribution in [0.25, 0.3) is 0 Å². The monoisotopic (exact) mass is 378 g/mol. The fourth-order valence-electron chi connectivity index (χ4n) is 8.45. The minimum Gasteiger partial charge on any atom is -0.130 e. The zero-order chi connectivity index (χ0) is 20.2. The summed E-state index contributed by atoms with van der Waals surface area (Å²) in [6, 6.07) is 0. The SMILES string of the molecule is C=C=C(C)C1CC[C@H]2C3CC=C4CC[C@](C)(C=C)CCC4(C)[C@H]3CCC12CC. The van der Waals surface area contributed by atoms with E-state index in [0.717, 1.165) is 23.7 Å². The van der Waals surface area contributed by atoms with Crippen molar-refractivity contribution in [3.63, 3.8) is 0 Å². The van der Waals surface area contributed by atoms with Crippen molar-refractivity contribution >= 4 is 0 Å². The van der Waals surface area contributed by atoms with E-state index in [1.807, 2.05) is 0 Å². The summed E-state index contributed by atoms with van der Waals surface area (Å²) in [4.78, 5) is 0. The molecule has 3 fully saturated rings. The third-order valence-electron chi connectivity index (χ3n) is 10.5. The Balaban J connectivity index is 1.67. The molecule has 0 bridgehead atoms. The molecule has 28 heavy (non-hydrogen) atoms. The van der Waals surface area contributed by atoms with E-state index in [1.165, 1.54) is 69.8 Å². The van der Waals surface area contributed by atoms with E-state index in [2.05, 4.69) is 58.7 Å². The van der Waals surface area contributed by atoms with Gasteiger partial charge in [-0.15, -0.1) is 12.3 Å². The van der Waals surface area contributed by atoms with E-state index in [0.29, 0.717) is 16.2 Å². The summed E-state index contributed by atoms with van der Waals surface area (Å²) < 4.78 is 0. The fraction of sp³-hybridized carbons (Fsp3) is 0.750. The second-order valence-corrected chi connectivity index (χ2v) is 11.2. The lowest BCUT2D eigenvalue weighted by atomic mass is 9.47. The van der Waals surface area contributed by atoms with Gasteiger partial charge in [-0.3, -0.25) is 0 Å². The molecule has 0 spiro atoms. The molecule has 0 N–H and O–H groups in total. The molecule has 0 aliphatic heterocycles. The van der Waals surface area contributed by atoms with Gasteiger partial charge in [0.15, 0.2) is 0 Å². The van der Waals surface area contributed by atoms with Gasteiger partial charge in [0.2, 0.25) is 0 Å². The molecule has 4 aliphatic carbocycles. The summed E-state index contributed by atoms with van der Waals surface area (Å²) in [5.74, 6) is 3.44. The van der Waals surface area contributed by atoms with Gasteiger partial charge in [-0.2, -0.15) is 0 Å². The van der Waals surface area contributed by atoms with Gasteiger partial charge in [0.1, 0.15) is 0 Å². The number of fused-ring (bicyclic) bond motifs is 5. The average Bonchev–Trinajstić information content (AvgIpc) is 3.05. The maximum Gasteiger partial charge on any atom is -0.00708 e. The van der Waals surface area contributed by atoms with E-state index in [-0.39, 0.29) is 0 Å². The Labute approximate surface area is 174 Å². The molecule has 0 heterocycles. The molecular weight excluding hydrogens is 336 g/mol. The first-order valence-electron chi connectivity index (χ1n) is 12.0. The van der Waals surface area contributed by atoms with Crippen molar-refractivity contribution < 1.29 is 0 Å². The maximum atomic E-state index is 4.18. The molecule has 0 amide bonds. The topological polar surface area (TPSA) is 0 Å². The molecule has 7 atom stereocenters. The van der Waals surface area contributed by atoms with Crippen molar-refractivity contribution in [1.82, 2.24) is 0 Å². The Morgan fingerprint density at radius 1 is 1.14 bits per heavy atom. The van der Waals surface area contributed by atoms with Crippen molar-refractivity contribution in [2.45, 2.75) is 91.9 Å². The maximum absolute atomic E-state index is 4.18. The van der Waals surface area contributed by atoms with Gasteiger partial charge in [-0.05, 0) is 117 Å². The summed E-state index contributed by atoms with van der Waals surface area (Å²) in [7, 11) is 0. The zero-order valence-electron chi connectivity index (χ0n) is 18.9. The third kappa shape index (κ3) is 2.78. The largest absolute Gasteiger partial charge is 0.130 e. The van der Waals surface area contributed by atoms with E-state index >= 15 is 0 Å². The van der Waals surface area contributed by atoms with Crippen molar-refractivity contribution in [2.75, 3.05) is 0 Å². The molecule has 0 aromatic rings. The second kappa shape index (κ2) is 7.05. The Kier molecular flexibility index (Phi) is 5.11. The van der Waals surface area contributed by atoms with Gasteiger partial charge >= 0.3 is 0 Å². The molecule has 3 saturated carbocycles. The van der Waals surface area contributed by atoms with Crippen LogP contribution < -0.4 is 0 Å². The standard InChI is InChI=1S/C28H42/c1-7-20(4)23-12-13-25-22-11-10-21-14-16-26(5,8-2)18-19-27(21,6)24(22)15-17-28(23,25)9-3/h8,10,22-25H,1-2,9,11-19H2,3-6H3/t22?,23?,24-,25-,26-,27?,28?/m0/s1. The Hall–Kier alpha value is -1.00. The van der Waals surface area contributed by atoms with Gasteiger partial charge in [-0.25, -0.2) is 0 Å². The predicted molar refractivity (Wildman–Crippen MR) is 121 cm³/mol. The van der Waals surface area contributed by atoms with E-state index in [9.17, 15) is 0 Å². The number of hydrogen-bond acceptors (Lipinski definition) is 0. The summed E-state index contributed by atoms with van der Waals surface area (Å²) >= 11 is 0. The predicted octanol–water partition coefficient (Wildman–Crippen LogP) is 8.27. The minimum absolute atomic E-state index is 0.336. The minimum atomic E-state index is 0.336. The lowest BCUT2D eigenvalue weighted by Gasteiger charge is -2.57. The zero-order valence-corrected chi connectivity index (χ0v) is 18.9. The molecule has 0 radical (unpaired) electrons. The van der Waals surface area contributed by atoms with E-state index in [4.69, 9.17) is 0 Å². The van der Waals surface area contributed by atoms with Crippen molar-refractivity contribution in [3.8, 4) is 0 Å². The summed E-state index contributed by atoms with van der Waals surface area (Å²) in [6.45, 7) is 18.0. The van der Waals surface area contributed by atoms with Gasteiger partial charge < -0.3 is 0 Å². The first-order valence-corrected chi connectivity index (χ1v) is 12.0. The lowest BCUT2D eigenvalue weighted by molar-refractivity contribution is -0.0436. The van der Waals surface area contributed by atoms with Crippen LogP contribution in [-0.4, -0.2) is 0 Å². The first-order chi connectivity index (χ1) is 13.3. The first kappa shape index (κ1) is 20.3. The molecular formula is C28H42. The van der Waals surface area contributed by atoms with Gasteiger partial charge in [0, 0.05) is 0 Å². The normalized spacial score (nSPS) is 47.6. The highest BCUT2D eigenvalue weighted by molar-refractivity contribution is 5.26. The lowest BCUT2D eigenvalue weighted by Crippen LogP contribution is -2.49. The molecule has 0 saturated heterocycles. The molecule has 0 aromatic heterocycles. The average molecular weight is 379 g/mol. The molecule has 4 unspecified atom stereocenters. The number of rotatable bonds is 3. The van der Waals surface area contributed by atoms with Crippen molar-refractivity contribution in [2.24, 2.45) is 39.9 Å². The number of allylic oxidation sites excluding steroid dienone is 4. The highest BCUT2D eigenvalue weighted by Crippen LogP contribution is 2.68. The molecule has 0 aromatic carbocycles. The molecule has 0 nitrogen and oxygen atoms in total. The third-order valence-corrected chi connectivity index (χ3v) is 10.5. The summed E-state index contributed by atoms with van der Waals surface area (Å²) in [6.07, 6.45) is 18.6. The van der Waals surface area contributed by atoms with E-state index < -0.39 is 0 Å². The highest BCUT2D eigenvalue weighted by atomic mass is 14.6. The van der Waals surface area contributed by atoms with Gasteiger partial charge in [0.05, 0.1) is 0 Å². The van der Waals surface area contributed by atoms with Crippen LogP contribution in [0.15, 0.2) is 42.2 Å².